The molecule has 9 heteroatoms. The molecule has 0 unspecified atom stereocenters. The summed E-state index contributed by atoms with van der Waals surface area (Å²) in [4.78, 5) is 22.2. The van der Waals surface area contributed by atoms with Crippen LogP contribution >= 0.6 is 0 Å². The van der Waals surface area contributed by atoms with Gasteiger partial charge in [-0.15, -0.1) is 0 Å². The van der Waals surface area contributed by atoms with Crippen molar-refractivity contribution in [2.45, 2.75) is 13.1 Å². The van der Waals surface area contributed by atoms with Crippen LogP contribution in [0.2, 0.25) is 0 Å². The monoisotopic (exact) mass is 439 g/mol. The number of amides is 1. The van der Waals surface area contributed by atoms with Gasteiger partial charge in [-0.3, -0.25) is 4.79 Å². The first-order chi connectivity index (χ1) is 15.0. The van der Waals surface area contributed by atoms with E-state index in [9.17, 15) is 18.0 Å². The molecular formula is C23H20F3N5O. The normalized spacial score (nSPS) is 10.8. The number of carbonyl (C=O) groups excluding carboxylic acids is 1. The highest BCUT2D eigenvalue weighted by atomic mass is 19.4. The minimum Gasteiger partial charge on any atom is -0.376 e. The topological polar surface area (TPSA) is 84.1 Å². The molecule has 0 aliphatic rings. The number of nitrogens with one attached hydrogen (secondary N) is 1. The van der Waals surface area contributed by atoms with Crippen LogP contribution in [-0.4, -0.2) is 30.0 Å². The number of aromatic nitrogens is 2. The molecule has 0 saturated carbocycles. The minimum absolute atomic E-state index is 0.0575. The zero-order chi connectivity index (χ0) is 23.5. The van der Waals surface area contributed by atoms with E-state index < -0.39 is 17.6 Å². The Balaban J connectivity index is 1.91. The Morgan fingerprint density at radius 1 is 1.06 bits per heavy atom. The highest BCUT2D eigenvalue weighted by Crippen LogP contribution is 2.35. The van der Waals surface area contributed by atoms with E-state index in [1.807, 2.05) is 6.92 Å². The molecule has 1 heterocycles. The van der Waals surface area contributed by atoms with E-state index in [0.29, 0.717) is 16.8 Å². The quantitative estimate of drug-likeness (QED) is 0.601. The minimum atomic E-state index is -4.53. The number of anilines is 3. The highest BCUT2D eigenvalue weighted by molar-refractivity contribution is 6.06. The first kappa shape index (κ1) is 22.6. The predicted molar refractivity (Wildman–Crippen MR) is 117 cm³/mol. The largest absolute Gasteiger partial charge is 0.416 e. The summed E-state index contributed by atoms with van der Waals surface area (Å²) < 4.78 is 39.4. The lowest BCUT2D eigenvalue weighted by atomic mass is 10.0. The van der Waals surface area contributed by atoms with Crippen molar-refractivity contribution >= 4 is 23.2 Å². The van der Waals surface area contributed by atoms with Crippen molar-refractivity contribution in [3.05, 3.63) is 76.6 Å². The van der Waals surface area contributed by atoms with Gasteiger partial charge in [0.1, 0.15) is 0 Å². The number of benzene rings is 2. The fourth-order valence-electron chi connectivity index (χ4n) is 2.84. The van der Waals surface area contributed by atoms with Gasteiger partial charge in [0, 0.05) is 37.6 Å². The third kappa shape index (κ3) is 5.35. The van der Waals surface area contributed by atoms with E-state index >= 15 is 0 Å². The third-order valence-electron chi connectivity index (χ3n) is 4.57. The van der Waals surface area contributed by atoms with Gasteiger partial charge in [0.2, 0.25) is 5.95 Å². The van der Waals surface area contributed by atoms with Gasteiger partial charge in [0.25, 0.3) is 5.91 Å². The fraction of sp³-hybridized carbons (Fsp3) is 0.174. The SMILES string of the molecule is Cc1ccc(C(=O)Nc2cc(C(F)(F)F)ccc2N(C)C)cc1C#Cc1cnc(N)nc1. The molecule has 3 N–H and O–H groups in total. The summed E-state index contributed by atoms with van der Waals surface area (Å²) in [6, 6.07) is 8.11. The molecule has 0 aliphatic carbocycles. The summed E-state index contributed by atoms with van der Waals surface area (Å²) in [5.41, 5.74) is 7.34. The van der Waals surface area contributed by atoms with Crippen molar-refractivity contribution in [2.24, 2.45) is 0 Å². The van der Waals surface area contributed by atoms with Gasteiger partial charge in [-0.2, -0.15) is 13.2 Å². The van der Waals surface area contributed by atoms with E-state index in [4.69, 9.17) is 5.73 Å². The van der Waals surface area contributed by atoms with Crippen LogP contribution in [0.15, 0.2) is 48.8 Å². The lowest BCUT2D eigenvalue weighted by Gasteiger charge is -2.20. The number of hydrogen-bond donors (Lipinski definition) is 2. The Morgan fingerprint density at radius 3 is 2.38 bits per heavy atom. The van der Waals surface area contributed by atoms with Crippen molar-refractivity contribution in [1.82, 2.24) is 9.97 Å². The molecule has 0 fully saturated rings. The maximum atomic E-state index is 13.1. The van der Waals surface area contributed by atoms with Crippen molar-refractivity contribution in [2.75, 3.05) is 30.0 Å². The van der Waals surface area contributed by atoms with Crippen LogP contribution < -0.4 is 16.0 Å². The van der Waals surface area contributed by atoms with Crippen LogP contribution in [0.1, 0.15) is 32.6 Å². The number of nitrogens with two attached hydrogens (primary N) is 1. The number of rotatable bonds is 3. The molecule has 0 atom stereocenters. The average Bonchev–Trinajstić information content (AvgIpc) is 2.73. The Hall–Kier alpha value is -4.06. The van der Waals surface area contributed by atoms with Gasteiger partial charge in [0.05, 0.1) is 22.5 Å². The smallest absolute Gasteiger partial charge is 0.376 e. The number of hydrogen-bond acceptors (Lipinski definition) is 5. The second-order valence-electron chi connectivity index (χ2n) is 7.19. The average molecular weight is 439 g/mol. The molecular weight excluding hydrogens is 419 g/mol. The van der Waals surface area contributed by atoms with E-state index in [0.717, 1.165) is 17.7 Å². The van der Waals surface area contributed by atoms with Crippen molar-refractivity contribution in [3.8, 4) is 11.8 Å². The standard InChI is InChI=1S/C23H20F3N5O/c1-14-4-6-17(10-16(14)7-5-15-12-28-22(27)29-13-15)21(32)30-19-11-18(23(24,25)26)8-9-20(19)31(2)3/h4,6,8-13H,1-3H3,(H,30,32)(H2,27,28,29). The van der Waals surface area contributed by atoms with E-state index in [1.165, 1.54) is 18.5 Å². The van der Waals surface area contributed by atoms with Gasteiger partial charge in [-0.25, -0.2) is 9.97 Å². The number of halogens is 3. The first-order valence-corrected chi connectivity index (χ1v) is 9.44. The molecule has 0 spiro atoms. The highest BCUT2D eigenvalue weighted by Gasteiger charge is 2.31. The van der Waals surface area contributed by atoms with Crippen LogP contribution in [0, 0.1) is 18.8 Å². The zero-order valence-corrected chi connectivity index (χ0v) is 17.6. The van der Waals surface area contributed by atoms with Gasteiger partial charge < -0.3 is 16.0 Å². The summed E-state index contributed by atoms with van der Waals surface area (Å²) >= 11 is 0. The molecule has 1 aromatic heterocycles. The zero-order valence-electron chi connectivity index (χ0n) is 17.6. The maximum absolute atomic E-state index is 13.1. The lowest BCUT2D eigenvalue weighted by Crippen LogP contribution is -2.18. The molecule has 3 rings (SSSR count). The van der Waals surface area contributed by atoms with Gasteiger partial charge in [0.15, 0.2) is 0 Å². The van der Waals surface area contributed by atoms with Crippen molar-refractivity contribution in [3.63, 3.8) is 0 Å². The van der Waals surface area contributed by atoms with Gasteiger partial charge >= 0.3 is 6.18 Å². The van der Waals surface area contributed by atoms with Crippen LogP contribution in [-0.2, 0) is 6.18 Å². The summed E-state index contributed by atoms with van der Waals surface area (Å²) in [6.07, 6.45) is -1.56. The van der Waals surface area contributed by atoms with Crippen LogP contribution in [0.3, 0.4) is 0 Å². The molecule has 32 heavy (non-hydrogen) atoms. The van der Waals surface area contributed by atoms with E-state index in [-0.39, 0.29) is 17.2 Å². The third-order valence-corrected chi connectivity index (χ3v) is 4.57. The summed E-state index contributed by atoms with van der Waals surface area (Å²) in [6.45, 7) is 1.84. The van der Waals surface area contributed by atoms with Crippen LogP contribution in [0.5, 0.6) is 0 Å². The molecule has 0 saturated heterocycles. The molecule has 2 aromatic carbocycles. The number of carbonyl (C=O) groups is 1. The molecule has 0 radical (unpaired) electrons. The molecule has 3 aromatic rings. The van der Waals surface area contributed by atoms with Crippen LogP contribution in [0.4, 0.5) is 30.5 Å². The number of nitrogen functional groups attached to an aromatic ring is 1. The Bertz CT molecular complexity index is 1210. The molecule has 0 aliphatic heterocycles. The van der Waals surface area contributed by atoms with Crippen LogP contribution in [0.25, 0.3) is 0 Å². The molecule has 164 valence electrons. The molecule has 6 nitrogen and oxygen atoms in total. The number of alkyl halides is 3. The first-order valence-electron chi connectivity index (χ1n) is 9.44. The molecule has 0 bridgehead atoms. The fourth-order valence-corrected chi connectivity index (χ4v) is 2.84. The van der Waals surface area contributed by atoms with E-state index in [1.54, 1.807) is 37.2 Å². The second kappa shape index (κ2) is 8.98. The number of nitrogens with zero attached hydrogens (tertiary/aromatic N) is 3. The van der Waals surface area contributed by atoms with Crippen molar-refractivity contribution in [1.29, 1.82) is 0 Å². The summed E-state index contributed by atoms with van der Waals surface area (Å²) in [5.74, 6) is 5.44. The maximum Gasteiger partial charge on any atom is 0.416 e. The summed E-state index contributed by atoms with van der Waals surface area (Å²) in [7, 11) is 3.36. The lowest BCUT2D eigenvalue weighted by molar-refractivity contribution is -0.137. The number of aryl methyl sites for hydroxylation is 1. The van der Waals surface area contributed by atoms with Gasteiger partial charge in [-0.1, -0.05) is 17.9 Å². The predicted octanol–water partition coefficient (Wildman–Crippen LogP) is 4.10. The second-order valence-corrected chi connectivity index (χ2v) is 7.19. The van der Waals surface area contributed by atoms with E-state index in [2.05, 4.69) is 27.1 Å². The molecule has 1 amide bonds. The van der Waals surface area contributed by atoms with Crippen molar-refractivity contribution < 1.29 is 18.0 Å². The Labute approximate surface area is 183 Å². The Kier molecular flexibility index (Phi) is 6.35. The van der Waals surface area contributed by atoms with Gasteiger partial charge in [-0.05, 0) is 42.8 Å². The summed E-state index contributed by atoms with van der Waals surface area (Å²) in [5, 5.41) is 2.58. The Morgan fingerprint density at radius 2 is 1.75 bits per heavy atom.